The van der Waals surface area contributed by atoms with E-state index in [2.05, 4.69) is 10.9 Å². The normalized spacial score (nSPS) is 15.0. The smallest absolute Gasteiger partial charge is 0.336 e. The number of amides is 3. The van der Waals surface area contributed by atoms with Crippen LogP contribution in [0.15, 0.2) is 30.3 Å². The monoisotopic (exact) mass is 249 g/mol. The molecule has 1 fully saturated rings. The first-order chi connectivity index (χ1) is 8.77. The molecule has 1 heterocycles. The van der Waals surface area contributed by atoms with Crippen LogP contribution in [0, 0.1) is 0 Å². The van der Waals surface area contributed by atoms with E-state index in [-0.39, 0.29) is 11.9 Å². The number of rotatable bonds is 1. The first-order valence-electron chi connectivity index (χ1n) is 5.75. The van der Waals surface area contributed by atoms with Gasteiger partial charge in [-0.25, -0.2) is 10.2 Å². The molecule has 6 heteroatoms. The molecular formula is C12H15N3O3. The van der Waals surface area contributed by atoms with Crippen molar-refractivity contribution in [3.05, 3.63) is 35.9 Å². The van der Waals surface area contributed by atoms with Gasteiger partial charge in [0.05, 0.1) is 13.2 Å². The number of urea groups is 1. The molecule has 2 rings (SSSR count). The van der Waals surface area contributed by atoms with Crippen LogP contribution in [-0.4, -0.2) is 43.1 Å². The lowest BCUT2D eigenvalue weighted by atomic mass is 10.2. The van der Waals surface area contributed by atoms with Crippen molar-refractivity contribution in [1.82, 2.24) is 15.8 Å². The fourth-order valence-electron chi connectivity index (χ4n) is 1.62. The summed E-state index contributed by atoms with van der Waals surface area (Å²) in [5, 5.41) is 0. The largest absolute Gasteiger partial charge is 0.378 e. The highest BCUT2D eigenvalue weighted by atomic mass is 16.5. The Morgan fingerprint density at radius 2 is 1.72 bits per heavy atom. The first kappa shape index (κ1) is 12.4. The average molecular weight is 249 g/mol. The van der Waals surface area contributed by atoms with E-state index in [0.29, 0.717) is 31.9 Å². The third-order valence-electron chi connectivity index (χ3n) is 2.62. The van der Waals surface area contributed by atoms with Gasteiger partial charge in [-0.3, -0.25) is 10.2 Å². The van der Waals surface area contributed by atoms with Gasteiger partial charge in [0.2, 0.25) is 0 Å². The number of carbonyl (C=O) groups is 2. The topological polar surface area (TPSA) is 70.7 Å². The van der Waals surface area contributed by atoms with Crippen molar-refractivity contribution in [3.63, 3.8) is 0 Å². The lowest BCUT2D eigenvalue weighted by Crippen LogP contribution is -2.51. The van der Waals surface area contributed by atoms with E-state index in [1.807, 2.05) is 6.07 Å². The summed E-state index contributed by atoms with van der Waals surface area (Å²) in [5.74, 6) is -0.336. The molecule has 3 amide bonds. The minimum absolute atomic E-state index is 0.317. The van der Waals surface area contributed by atoms with Crippen molar-refractivity contribution in [1.29, 1.82) is 0 Å². The fraction of sp³-hybridized carbons (Fsp3) is 0.333. The standard InChI is InChI=1S/C12H15N3O3/c16-11(10-4-2-1-3-5-10)13-14-12(17)15-6-8-18-9-7-15/h1-5H,6-9H2,(H,13,16)(H,14,17). The number of ether oxygens (including phenoxy) is 1. The molecule has 1 aromatic rings. The van der Waals surface area contributed by atoms with Gasteiger partial charge in [-0.1, -0.05) is 18.2 Å². The molecule has 0 radical (unpaired) electrons. The summed E-state index contributed by atoms with van der Waals surface area (Å²) in [7, 11) is 0. The molecule has 1 aliphatic rings. The van der Waals surface area contributed by atoms with Crippen molar-refractivity contribution < 1.29 is 14.3 Å². The summed E-state index contributed by atoms with van der Waals surface area (Å²) in [6.45, 7) is 2.13. The third-order valence-corrected chi connectivity index (χ3v) is 2.62. The molecule has 1 aromatic carbocycles. The molecule has 1 saturated heterocycles. The van der Waals surface area contributed by atoms with Crippen molar-refractivity contribution in [2.45, 2.75) is 0 Å². The van der Waals surface area contributed by atoms with Gasteiger partial charge in [-0.2, -0.15) is 0 Å². The van der Waals surface area contributed by atoms with Gasteiger partial charge in [0.25, 0.3) is 5.91 Å². The minimum atomic E-state index is -0.336. The van der Waals surface area contributed by atoms with Crippen LogP contribution < -0.4 is 10.9 Å². The van der Waals surface area contributed by atoms with Gasteiger partial charge >= 0.3 is 6.03 Å². The van der Waals surface area contributed by atoms with Crippen LogP contribution in [0.25, 0.3) is 0 Å². The predicted octanol–water partition coefficient (Wildman–Crippen LogP) is 0.373. The van der Waals surface area contributed by atoms with E-state index in [1.54, 1.807) is 29.2 Å². The second-order valence-electron chi connectivity index (χ2n) is 3.85. The van der Waals surface area contributed by atoms with Gasteiger partial charge in [-0.15, -0.1) is 0 Å². The van der Waals surface area contributed by atoms with Crippen molar-refractivity contribution in [3.8, 4) is 0 Å². The summed E-state index contributed by atoms with van der Waals surface area (Å²) in [6, 6.07) is 8.38. The average Bonchev–Trinajstić information content (AvgIpc) is 2.46. The minimum Gasteiger partial charge on any atom is -0.378 e. The third kappa shape index (κ3) is 3.21. The van der Waals surface area contributed by atoms with Crippen LogP contribution >= 0.6 is 0 Å². The second kappa shape index (κ2) is 6.02. The Kier molecular flexibility index (Phi) is 4.14. The Labute approximate surface area is 105 Å². The highest BCUT2D eigenvalue weighted by Gasteiger charge is 2.17. The van der Waals surface area contributed by atoms with E-state index in [1.165, 1.54) is 0 Å². The van der Waals surface area contributed by atoms with Gasteiger partial charge in [0.1, 0.15) is 0 Å². The number of benzene rings is 1. The summed E-state index contributed by atoms with van der Waals surface area (Å²) >= 11 is 0. The van der Waals surface area contributed by atoms with Crippen molar-refractivity contribution in [2.24, 2.45) is 0 Å². The molecule has 0 aromatic heterocycles. The zero-order valence-corrected chi connectivity index (χ0v) is 9.89. The second-order valence-corrected chi connectivity index (χ2v) is 3.85. The summed E-state index contributed by atoms with van der Waals surface area (Å²) in [5.41, 5.74) is 5.26. The van der Waals surface area contributed by atoms with Crippen LogP contribution in [-0.2, 0) is 4.74 Å². The van der Waals surface area contributed by atoms with Gasteiger partial charge in [0.15, 0.2) is 0 Å². The molecule has 0 saturated carbocycles. The summed E-state index contributed by atoms with van der Waals surface area (Å²) in [6.07, 6.45) is 0. The molecule has 0 bridgehead atoms. The summed E-state index contributed by atoms with van der Waals surface area (Å²) in [4.78, 5) is 24.9. The number of carbonyl (C=O) groups excluding carboxylic acids is 2. The van der Waals surface area contributed by atoms with Crippen LogP contribution in [0.5, 0.6) is 0 Å². The molecule has 0 unspecified atom stereocenters. The fourth-order valence-corrected chi connectivity index (χ4v) is 1.62. The predicted molar refractivity (Wildman–Crippen MR) is 64.8 cm³/mol. The maximum Gasteiger partial charge on any atom is 0.336 e. The van der Waals surface area contributed by atoms with E-state index in [0.717, 1.165) is 0 Å². The molecule has 0 spiro atoms. The number of hydrogen-bond donors (Lipinski definition) is 2. The highest BCUT2D eigenvalue weighted by Crippen LogP contribution is 1.98. The van der Waals surface area contributed by atoms with Crippen molar-refractivity contribution >= 4 is 11.9 Å². The maximum atomic E-state index is 11.7. The molecule has 6 nitrogen and oxygen atoms in total. The zero-order chi connectivity index (χ0) is 12.8. The molecule has 2 N–H and O–H groups in total. The first-order valence-corrected chi connectivity index (χ1v) is 5.75. The number of morpholine rings is 1. The van der Waals surface area contributed by atoms with Gasteiger partial charge < -0.3 is 9.64 Å². The Morgan fingerprint density at radius 1 is 1.06 bits per heavy atom. The van der Waals surface area contributed by atoms with Crippen molar-refractivity contribution in [2.75, 3.05) is 26.3 Å². The summed E-state index contributed by atoms with van der Waals surface area (Å²) < 4.78 is 5.14. The Balaban J connectivity index is 1.80. The van der Waals surface area contributed by atoms with Crippen LogP contribution in [0.1, 0.15) is 10.4 Å². The Morgan fingerprint density at radius 3 is 2.39 bits per heavy atom. The van der Waals surface area contributed by atoms with E-state index in [9.17, 15) is 9.59 Å². The number of nitrogens with zero attached hydrogens (tertiary/aromatic N) is 1. The Bertz CT molecular complexity index is 416. The van der Waals surface area contributed by atoms with E-state index < -0.39 is 0 Å². The molecule has 18 heavy (non-hydrogen) atoms. The highest BCUT2D eigenvalue weighted by molar-refractivity contribution is 5.95. The van der Waals surface area contributed by atoms with Crippen LogP contribution in [0.3, 0.4) is 0 Å². The van der Waals surface area contributed by atoms with Crippen LogP contribution in [0.2, 0.25) is 0 Å². The molecule has 0 aliphatic carbocycles. The van der Waals surface area contributed by atoms with Gasteiger partial charge in [-0.05, 0) is 12.1 Å². The SMILES string of the molecule is O=C(NNC(=O)N1CCOCC1)c1ccccc1. The van der Waals surface area contributed by atoms with E-state index in [4.69, 9.17) is 4.74 Å². The number of hydrogen-bond acceptors (Lipinski definition) is 3. The number of hydrazine groups is 1. The lowest BCUT2D eigenvalue weighted by Gasteiger charge is -2.26. The molecule has 96 valence electrons. The van der Waals surface area contributed by atoms with Crippen LogP contribution in [0.4, 0.5) is 4.79 Å². The maximum absolute atomic E-state index is 11.7. The molecule has 1 aliphatic heterocycles. The molecule has 0 atom stereocenters. The molecular weight excluding hydrogens is 234 g/mol. The quantitative estimate of drug-likeness (QED) is 0.707. The van der Waals surface area contributed by atoms with Gasteiger partial charge in [0, 0.05) is 18.7 Å². The number of nitrogens with one attached hydrogen (secondary N) is 2. The lowest BCUT2D eigenvalue weighted by molar-refractivity contribution is 0.0519. The van der Waals surface area contributed by atoms with E-state index >= 15 is 0 Å². The Hall–Kier alpha value is -2.08. The zero-order valence-electron chi connectivity index (χ0n) is 9.89.